The Morgan fingerprint density at radius 2 is 0.400 bits per heavy atom. The predicted octanol–water partition coefficient (Wildman–Crippen LogP) is 32.5. The molecule has 724 valence electrons. The molecule has 0 heterocycles. The molecule has 18 heteroatoms. The van der Waals surface area contributed by atoms with Gasteiger partial charge in [-0.15, -0.1) is 0 Å². The van der Waals surface area contributed by atoms with Crippen LogP contribution in [0.25, 0.3) is 0 Å². The monoisotopic (exact) mass is 1790 g/mol. The molecule has 5 atom stereocenters. The van der Waals surface area contributed by atoms with Crippen LogP contribution >= 0.6 is 15.6 Å². The van der Waals surface area contributed by atoms with E-state index in [1.807, 2.05) is 0 Å². The summed E-state index contributed by atoms with van der Waals surface area (Å²) in [6.45, 7) is 2.67. The van der Waals surface area contributed by atoms with Crippen molar-refractivity contribution < 1.29 is 75.8 Å². The highest BCUT2D eigenvalue weighted by molar-refractivity contribution is 7.47. The molecular formula is C107H190O16P2. The van der Waals surface area contributed by atoms with E-state index >= 15 is 0 Å². The average Bonchev–Trinajstić information content (AvgIpc) is 0.893. The third-order valence-electron chi connectivity index (χ3n) is 22.3. The van der Waals surface area contributed by atoms with Crippen molar-refractivity contribution in [2.24, 2.45) is 0 Å². The van der Waals surface area contributed by atoms with Gasteiger partial charge in [-0.3, -0.25) is 32.5 Å². The number of allylic oxidation sites excluding steroid dienone is 22. The number of unbranched alkanes of at least 4 members (excludes halogenated alkanes) is 53. The van der Waals surface area contributed by atoms with Gasteiger partial charge >= 0.3 is 33.6 Å². The number of phosphoric acid groups is 2. The van der Waals surface area contributed by atoms with Crippen LogP contribution < -0.4 is 0 Å². The molecule has 0 aromatic heterocycles. The highest BCUT2D eigenvalue weighted by Crippen LogP contribution is 2.45. The van der Waals surface area contributed by atoms with E-state index in [4.69, 9.17) is 32.3 Å². The van der Waals surface area contributed by atoms with Crippen LogP contribution in [0.5, 0.6) is 0 Å². The van der Waals surface area contributed by atoms with Crippen LogP contribution in [0.1, 0.15) is 470 Å². The van der Waals surface area contributed by atoms with Crippen molar-refractivity contribution in [3.8, 4) is 0 Å². The number of phosphoric ester groups is 2. The quantitative estimate of drug-likeness (QED) is 0.0146. The molecule has 0 aliphatic rings. The molecule has 0 aliphatic heterocycles. The lowest BCUT2D eigenvalue weighted by Gasteiger charge is -2.21. The molecule has 5 unspecified atom stereocenters. The topological polar surface area (TPSA) is 231 Å². The maximum absolute atomic E-state index is 13.1. The summed E-state index contributed by atoms with van der Waals surface area (Å²) in [5, 5.41) is 20.8. The van der Waals surface area contributed by atoms with Gasteiger partial charge in [-0.25, -0.2) is 9.13 Å². The van der Waals surface area contributed by atoms with E-state index in [9.17, 15) is 43.5 Å². The fourth-order valence-corrected chi connectivity index (χ4v) is 16.1. The predicted molar refractivity (Wildman–Crippen MR) is 528 cm³/mol. The van der Waals surface area contributed by atoms with Crippen molar-refractivity contribution in [2.75, 3.05) is 39.6 Å². The normalized spacial score (nSPS) is 14.2. The minimum Gasteiger partial charge on any atom is -0.463 e. The number of carbonyl (C=O) groups is 3. The minimum absolute atomic E-state index is 0.0910. The SMILES string of the molecule is CCCCC/C=C\C/C=C\C/C=C\C/C=C\CCCCCCCCCCCCCCCCCCCCCC(=O)OCC(O)COP(=O)(O)OCC(O)COP(=O)(O)OCC(COC(=O)CCCCCCCCCCCCCCCCCCCCC/C=C\C/C=C\C/C=C\C/C=C\CCCCC)OC(=O)CCCCCCCC/C=C\C/C=C\C/C=C\CCCCC. The lowest BCUT2D eigenvalue weighted by Crippen LogP contribution is -2.30. The molecule has 16 nitrogen and oxygen atoms in total. The summed E-state index contributed by atoms with van der Waals surface area (Å²) in [5.74, 6) is -1.56. The Morgan fingerprint density at radius 3 is 0.632 bits per heavy atom. The number of aliphatic hydroxyl groups excluding tert-OH is 2. The summed E-state index contributed by atoms with van der Waals surface area (Å²) in [6.07, 6.45) is 125. The van der Waals surface area contributed by atoms with Gasteiger partial charge < -0.3 is 34.2 Å². The number of hydrogen-bond donors (Lipinski definition) is 4. The first-order valence-electron chi connectivity index (χ1n) is 51.5. The Bertz CT molecular complexity index is 2800. The summed E-state index contributed by atoms with van der Waals surface area (Å²) >= 11 is 0. The van der Waals surface area contributed by atoms with E-state index in [1.165, 1.54) is 276 Å². The zero-order valence-electron chi connectivity index (χ0n) is 80.3. The Morgan fingerprint density at radius 1 is 0.224 bits per heavy atom. The minimum atomic E-state index is -4.95. The first-order valence-corrected chi connectivity index (χ1v) is 54.5. The number of carbonyl (C=O) groups excluding carboxylic acids is 3. The van der Waals surface area contributed by atoms with Gasteiger partial charge in [0, 0.05) is 19.3 Å². The molecule has 0 saturated carbocycles. The first-order chi connectivity index (χ1) is 61.2. The van der Waals surface area contributed by atoms with Gasteiger partial charge in [-0.1, -0.05) is 437 Å². The summed E-state index contributed by atoms with van der Waals surface area (Å²) in [4.78, 5) is 59.1. The van der Waals surface area contributed by atoms with E-state index in [1.54, 1.807) is 0 Å². The van der Waals surface area contributed by atoms with Crippen molar-refractivity contribution in [1.82, 2.24) is 0 Å². The van der Waals surface area contributed by atoms with E-state index in [0.29, 0.717) is 19.3 Å². The lowest BCUT2D eigenvalue weighted by atomic mass is 10.0. The Balaban J connectivity index is 4.46. The van der Waals surface area contributed by atoms with Gasteiger partial charge in [-0.2, -0.15) is 0 Å². The number of ether oxygens (including phenoxy) is 3. The third kappa shape index (κ3) is 100. The zero-order valence-corrected chi connectivity index (χ0v) is 82.0. The van der Waals surface area contributed by atoms with Gasteiger partial charge in [0.15, 0.2) is 6.10 Å². The van der Waals surface area contributed by atoms with E-state index in [0.717, 1.165) is 135 Å². The van der Waals surface area contributed by atoms with Gasteiger partial charge in [-0.05, 0) is 148 Å². The van der Waals surface area contributed by atoms with Crippen LogP contribution in [0.3, 0.4) is 0 Å². The van der Waals surface area contributed by atoms with Crippen LogP contribution in [0.15, 0.2) is 134 Å². The van der Waals surface area contributed by atoms with E-state index < -0.39 is 91.5 Å². The Kier molecular flexibility index (Phi) is 95.3. The molecule has 0 spiro atoms. The van der Waals surface area contributed by atoms with Gasteiger partial charge in [0.2, 0.25) is 0 Å². The molecular weight excluding hydrogens is 1600 g/mol. The largest absolute Gasteiger partial charge is 0.472 e. The molecule has 0 saturated heterocycles. The number of rotatable bonds is 98. The first kappa shape index (κ1) is 121. The summed E-state index contributed by atoms with van der Waals surface area (Å²) in [7, 11) is -9.81. The van der Waals surface area contributed by atoms with Crippen molar-refractivity contribution in [3.63, 3.8) is 0 Å². The molecule has 125 heavy (non-hydrogen) atoms. The summed E-state index contributed by atoms with van der Waals surface area (Å²) in [5.41, 5.74) is 0. The molecule has 0 bridgehead atoms. The third-order valence-corrected chi connectivity index (χ3v) is 24.2. The van der Waals surface area contributed by atoms with E-state index in [-0.39, 0.29) is 19.3 Å². The second kappa shape index (κ2) is 98.7. The standard InChI is InChI=1S/C107H190O16P2/c1-4-7-10-13-16-19-22-25-28-31-34-36-38-40-42-44-46-48-50-52-54-56-58-60-62-64-67-69-72-75-78-81-84-87-90-93-105(110)117-96-102(108)97-119-124(113,114)120-98-103(109)99-121-125(115,116)122-101-104(123-107(112)95-92-89-86-83-80-77-74-71-66-33-30-27-24-21-18-15-12-9-6-3)100-118-106(111)94-91-88-85-82-79-76-73-70-68-65-63-61-59-57-55-53-51-49-47-45-43-41-39-37-35-32-29-26-23-20-17-14-11-8-5-2/h16-21,25-30,34-37,40-43,66,71,102-104,108-109H,4-15,22-24,31-33,38-39,44-65,67-70,72-101H2,1-3H3,(H,113,114)(H,115,116)/b19-16-,20-17-,21-18-,28-25-,29-26-,30-27-,36-34-,37-35-,42-40-,43-41-,71-66-. The Labute approximate surface area is 766 Å². The van der Waals surface area contributed by atoms with Crippen molar-refractivity contribution in [3.05, 3.63) is 134 Å². The number of esters is 3. The second-order valence-electron chi connectivity index (χ2n) is 34.6. The molecule has 0 fully saturated rings. The average molecular weight is 1790 g/mol. The fourth-order valence-electron chi connectivity index (χ4n) is 14.5. The molecule has 0 aromatic carbocycles. The lowest BCUT2D eigenvalue weighted by molar-refractivity contribution is -0.161. The summed E-state index contributed by atoms with van der Waals surface area (Å²) in [6, 6.07) is 0. The van der Waals surface area contributed by atoms with Crippen molar-refractivity contribution >= 4 is 33.6 Å². The number of aliphatic hydroxyl groups is 2. The van der Waals surface area contributed by atoms with Crippen LogP contribution in [0.4, 0.5) is 0 Å². The van der Waals surface area contributed by atoms with Gasteiger partial charge in [0.1, 0.15) is 25.4 Å². The highest BCUT2D eigenvalue weighted by Gasteiger charge is 2.30. The molecule has 0 radical (unpaired) electrons. The van der Waals surface area contributed by atoms with Gasteiger partial charge in [0.25, 0.3) is 0 Å². The maximum Gasteiger partial charge on any atom is 0.472 e. The molecule has 0 amide bonds. The molecule has 0 aromatic rings. The number of hydrogen-bond acceptors (Lipinski definition) is 14. The van der Waals surface area contributed by atoms with Crippen LogP contribution in [-0.2, 0) is 55.8 Å². The molecule has 0 aliphatic carbocycles. The van der Waals surface area contributed by atoms with Crippen LogP contribution in [0, 0.1) is 0 Å². The Hall–Kier alpha value is -4.31. The second-order valence-corrected chi connectivity index (χ2v) is 37.5. The van der Waals surface area contributed by atoms with Gasteiger partial charge in [0.05, 0.1) is 26.4 Å². The van der Waals surface area contributed by atoms with E-state index in [2.05, 4.69) is 154 Å². The van der Waals surface area contributed by atoms with Crippen LogP contribution in [-0.4, -0.2) is 95.9 Å². The molecule has 0 rings (SSSR count). The summed E-state index contributed by atoms with van der Waals surface area (Å²) < 4.78 is 61.6. The van der Waals surface area contributed by atoms with Crippen molar-refractivity contribution in [2.45, 2.75) is 489 Å². The fraction of sp³-hybridized carbons (Fsp3) is 0.766. The molecule has 4 N–H and O–H groups in total. The highest BCUT2D eigenvalue weighted by atomic mass is 31.2. The zero-order chi connectivity index (χ0) is 90.7. The van der Waals surface area contributed by atoms with Crippen LogP contribution in [0.2, 0.25) is 0 Å². The van der Waals surface area contributed by atoms with Crippen molar-refractivity contribution in [1.29, 1.82) is 0 Å². The maximum atomic E-state index is 13.1. The smallest absolute Gasteiger partial charge is 0.463 e.